The van der Waals surface area contributed by atoms with Gasteiger partial charge in [0.05, 0.1) is 12.1 Å². The van der Waals surface area contributed by atoms with Crippen molar-refractivity contribution in [2.24, 2.45) is 0 Å². The van der Waals surface area contributed by atoms with E-state index in [2.05, 4.69) is 34.1 Å². The van der Waals surface area contributed by atoms with Crippen molar-refractivity contribution in [3.63, 3.8) is 0 Å². The van der Waals surface area contributed by atoms with Crippen LogP contribution in [0.1, 0.15) is 38.3 Å². The monoisotopic (exact) mass is 316 g/mol. The largest absolute Gasteiger partial charge is 0.344 e. The third-order valence-electron chi connectivity index (χ3n) is 4.37. The summed E-state index contributed by atoms with van der Waals surface area (Å²) in [6.45, 7) is 8.25. The lowest BCUT2D eigenvalue weighted by Gasteiger charge is -2.33. The number of likely N-dealkylation sites (N-methyl/N-ethyl adjacent to an activating group) is 1. The lowest BCUT2D eigenvalue weighted by atomic mass is 10.0. The molecule has 126 valence electrons. The zero-order valence-electron chi connectivity index (χ0n) is 14.7. The molecule has 1 aliphatic rings. The van der Waals surface area contributed by atoms with Crippen LogP contribution in [0.3, 0.4) is 0 Å². The van der Waals surface area contributed by atoms with Gasteiger partial charge in [0.25, 0.3) is 0 Å². The summed E-state index contributed by atoms with van der Waals surface area (Å²) in [7, 11) is 1.81. The molecule has 5 nitrogen and oxygen atoms in total. The predicted octanol–water partition coefficient (Wildman–Crippen LogP) is 2.75. The fraction of sp³-hybridized carbons (Fsp3) is 0.556. The van der Waals surface area contributed by atoms with Crippen molar-refractivity contribution in [3.8, 4) is 0 Å². The minimum absolute atomic E-state index is 0.202. The molecule has 23 heavy (non-hydrogen) atoms. The number of pyridine rings is 1. The van der Waals surface area contributed by atoms with Crippen LogP contribution in [0.2, 0.25) is 0 Å². The Morgan fingerprint density at radius 1 is 1.35 bits per heavy atom. The van der Waals surface area contributed by atoms with Gasteiger partial charge in [-0.3, -0.25) is 9.78 Å². The van der Waals surface area contributed by atoms with Crippen LogP contribution in [0.4, 0.5) is 0 Å². The Labute approximate surface area is 138 Å². The van der Waals surface area contributed by atoms with E-state index in [0.717, 1.165) is 25.9 Å². The van der Waals surface area contributed by atoms with Gasteiger partial charge in [0.2, 0.25) is 5.91 Å². The minimum Gasteiger partial charge on any atom is -0.344 e. The smallest absolute Gasteiger partial charge is 0.236 e. The molecule has 0 radical (unpaired) electrons. The fourth-order valence-corrected chi connectivity index (χ4v) is 3.22. The molecule has 3 rings (SSSR count). The molecule has 1 amide bonds. The summed E-state index contributed by atoms with van der Waals surface area (Å²) >= 11 is 0. The highest BCUT2D eigenvalue weighted by Crippen LogP contribution is 2.29. The molecule has 5 heteroatoms. The van der Waals surface area contributed by atoms with E-state index in [1.54, 1.807) is 0 Å². The first-order chi connectivity index (χ1) is 11.2. The summed E-state index contributed by atoms with van der Waals surface area (Å²) in [5.41, 5.74) is 2.52. The molecule has 0 saturated carbocycles. The van der Waals surface area contributed by atoms with Crippen LogP contribution in [0.15, 0.2) is 24.7 Å². The molecule has 2 aromatic heterocycles. The Morgan fingerprint density at radius 2 is 2.04 bits per heavy atom. The Morgan fingerprint density at radius 3 is 2.70 bits per heavy atom. The number of fused-ring (bicyclic) bond motifs is 1. The van der Waals surface area contributed by atoms with E-state index in [0.29, 0.717) is 12.6 Å². The maximum absolute atomic E-state index is 11.9. The number of hydrogen-bond donors (Lipinski definition) is 1. The fourth-order valence-electron chi connectivity index (χ4n) is 3.22. The Balaban J connectivity index is 0.000000924. The van der Waals surface area contributed by atoms with E-state index in [9.17, 15) is 4.79 Å². The van der Waals surface area contributed by atoms with Gasteiger partial charge in [-0.2, -0.15) is 0 Å². The zero-order chi connectivity index (χ0) is 16.8. The average molecular weight is 316 g/mol. The second-order valence-corrected chi connectivity index (χ2v) is 5.75. The van der Waals surface area contributed by atoms with Crippen LogP contribution in [0.5, 0.6) is 0 Å². The number of rotatable bonds is 3. The van der Waals surface area contributed by atoms with Gasteiger partial charge >= 0.3 is 0 Å². The third kappa shape index (κ3) is 3.72. The van der Waals surface area contributed by atoms with Crippen molar-refractivity contribution >= 4 is 16.8 Å². The van der Waals surface area contributed by atoms with Crippen molar-refractivity contribution in [1.82, 2.24) is 19.8 Å². The normalized spacial score (nSPS) is 15.4. The Bertz CT molecular complexity index is 642. The first-order valence-electron chi connectivity index (χ1n) is 8.54. The molecular weight excluding hydrogens is 288 g/mol. The highest BCUT2D eigenvalue weighted by Gasteiger charge is 2.24. The van der Waals surface area contributed by atoms with Gasteiger partial charge in [0.1, 0.15) is 0 Å². The van der Waals surface area contributed by atoms with Crippen LogP contribution >= 0.6 is 0 Å². The summed E-state index contributed by atoms with van der Waals surface area (Å²) in [4.78, 5) is 18.1. The van der Waals surface area contributed by atoms with Crippen LogP contribution in [-0.2, 0) is 4.79 Å². The number of amides is 1. The van der Waals surface area contributed by atoms with E-state index in [1.807, 2.05) is 38.2 Å². The van der Waals surface area contributed by atoms with Crippen molar-refractivity contribution in [2.75, 3.05) is 26.7 Å². The quantitative estimate of drug-likeness (QED) is 0.947. The molecule has 1 saturated heterocycles. The summed E-state index contributed by atoms with van der Waals surface area (Å²) < 4.78 is 2.37. The highest BCUT2D eigenvalue weighted by molar-refractivity contribution is 5.83. The molecule has 2 aromatic rings. The molecule has 1 aliphatic heterocycles. The number of nitrogens with one attached hydrogen (secondary N) is 1. The van der Waals surface area contributed by atoms with Crippen LogP contribution < -0.4 is 5.32 Å². The molecule has 3 heterocycles. The van der Waals surface area contributed by atoms with E-state index in [1.165, 1.54) is 16.5 Å². The maximum atomic E-state index is 11.9. The standard InChI is InChI=1S/C16H22N4O.C2H6/c1-12-11-20(15-3-6-18-9-14(12)15)13-4-7-19(8-5-13)16(21)10-17-2;1-2/h3,6,9,11,13,17H,4-5,7-8,10H2,1-2H3;1-2H3. The van der Waals surface area contributed by atoms with Gasteiger partial charge in [0.15, 0.2) is 0 Å². The SMILES string of the molecule is CC.CNCC(=O)N1CCC(n2cc(C)c3cnccc32)CC1. The van der Waals surface area contributed by atoms with E-state index < -0.39 is 0 Å². The number of likely N-dealkylation sites (tertiary alicyclic amines) is 1. The molecule has 0 spiro atoms. The first kappa shape index (κ1) is 17.5. The molecule has 1 fully saturated rings. The third-order valence-corrected chi connectivity index (χ3v) is 4.37. The number of nitrogens with zero attached hydrogens (tertiary/aromatic N) is 3. The van der Waals surface area contributed by atoms with E-state index in [-0.39, 0.29) is 5.91 Å². The minimum atomic E-state index is 0.202. The number of aromatic nitrogens is 2. The van der Waals surface area contributed by atoms with Gasteiger partial charge in [-0.05, 0) is 38.4 Å². The summed E-state index contributed by atoms with van der Waals surface area (Å²) in [5, 5.41) is 4.16. The number of hydrogen-bond acceptors (Lipinski definition) is 3. The Hall–Kier alpha value is -1.88. The van der Waals surface area contributed by atoms with Crippen molar-refractivity contribution in [1.29, 1.82) is 0 Å². The second kappa shape index (κ2) is 8.11. The summed E-state index contributed by atoms with van der Waals surface area (Å²) in [5.74, 6) is 0.202. The lowest BCUT2D eigenvalue weighted by Crippen LogP contribution is -2.42. The molecule has 0 bridgehead atoms. The van der Waals surface area contributed by atoms with Gasteiger partial charge in [-0.1, -0.05) is 13.8 Å². The average Bonchev–Trinajstić information content (AvgIpc) is 2.94. The van der Waals surface area contributed by atoms with E-state index in [4.69, 9.17) is 0 Å². The molecule has 1 N–H and O–H groups in total. The van der Waals surface area contributed by atoms with Gasteiger partial charge in [-0.25, -0.2) is 0 Å². The number of carbonyl (C=O) groups excluding carboxylic acids is 1. The zero-order valence-corrected chi connectivity index (χ0v) is 14.7. The van der Waals surface area contributed by atoms with Crippen molar-refractivity contribution in [2.45, 2.75) is 39.7 Å². The van der Waals surface area contributed by atoms with Gasteiger partial charge in [-0.15, -0.1) is 0 Å². The number of aryl methyl sites for hydroxylation is 1. The lowest BCUT2D eigenvalue weighted by molar-refractivity contribution is -0.131. The highest BCUT2D eigenvalue weighted by atomic mass is 16.2. The second-order valence-electron chi connectivity index (χ2n) is 5.75. The van der Waals surface area contributed by atoms with Crippen LogP contribution in [0, 0.1) is 6.92 Å². The van der Waals surface area contributed by atoms with Crippen molar-refractivity contribution in [3.05, 3.63) is 30.2 Å². The Kier molecular flexibility index (Phi) is 6.16. The summed E-state index contributed by atoms with van der Waals surface area (Å²) in [6.07, 6.45) is 8.04. The molecule has 0 unspecified atom stereocenters. The topological polar surface area (TPSA) is 50.2 Å². The molecule has 0 atom stereocenters. The summed E-state index contributed by atoms with van der Waals surface area (Å²) in [6, 6.07) is 2.56. The number of piperidine rings is 1. The first-order valence-corrected chi connectivity index (χ1v) is 8.54. The molecular formula is C18H28N4O. The molecule has 0 aromatic carbocycles. The van der Waals surface area contributed by atoms with Gasteiger partial charge in [0, 0.05) is 43.1 Å². The van der Waals surface area contributed by atoms with Crippen LogP contribution in [0.25, 0.3) is 10.9 Å². The maximum Gasteiger partial charge on any atom is 0.236 e. The van der Waals surface area contributed by atoms with E-state index >= 15 is 0 Å². The number of carbonyl (C=O) groups is 1. The molecule has 0 aliphatic carbocycles. The van der Waals surface area contributed by atoms with Crippen LogP contribution in [-0.4, -0.2) is 47.0 Å². The van der Waals surface area contributed by atoms with Gasteiger partial charge < -0.3 is 14.8 Å². The predicted molar refractivity (Wildman–Crippen MR) is 94.6 cm³/mol. The van der Waals surface area contributed by atoms with Crippen molar-refractivity contribution < 1.29 is 4.79 Å².